The maximum Gasteiger partial charge on any atom is 0.207 e. The van der Waals surface area contributed by atoms with Gasteiger partial charge in [-0.25, -0.2) is 8.78 Å². The fourth-order valence-electron chi connectivity index (χ4n) is 2.29. The van der Waals surface area contributed by atoms with Crippen molar-refractivity contribution >= 4 is 24.0 Å². The molecule has 0 fully saturated rings. The second kappa shape index (κ2) is 18.4. The molecule has 0 heterocycles. The Hall–Kier alpha value is -4.98. The lowest BCUT2D eigenvalue weighted by Crippen LogP contribution is -1.98. The molecule has 0 aromatic heterocycles. The number of carbonyl (C=O) groups is 2. The van der Waals surface area contributed by atoms with Crippen molar-refractivity contribution < 1.29 is 28.8 Å². The van der Waals surface area contributed by atoms with Crippen LogP contribution in [-0.4, -0.2) is 34.4 Å². The van der Waals surface area contributed by atoms with Crippen LogP contribution in [0.15, 0.2) is 132 Å². The van der Waals surface area contributed by atoms with E-state index >= 15 is 0 Å². The minimum atomic E-state index is -0.298. The molecule has 184 valence electrons. The van der Waals surface area contributed by atoms with Crippen LogP contribution in [0.3, 0.4) is 0 Å². The van der Waals surface area contributed by atoms with E-state index in [0.717, 1.165) is 12.4 Å². The first-order valence-electron chi connectivity index (χ1n) is 10.4. The van der Waals surface area contributed by atoms with Gasteiger partial charge in [0.1, 0.15) is 24.1 Å². The number of nitrogens with zero attached hydrogens (tertiary/aromatic N) is 2. The summed E-state index contributed by atoms with van der Waals surface area (Å²) in [7, 11) is 0. The van der Waals surface area contributed by atoms with Crippen LogP contribution in [0, 0.1) is 11.6 Å². The third-order valence-electron chi connectivity index (χ3n) is 3.93. The smallest absolute Gasteiger partial charge is 0.207 e. The Kier molecular flexibility index (Phi) is 14.9. The van der Waals surface area contributed by atoms with E-state index in [1.165, 1.54) is 24.3 Å². The normalized spacial score (nSPS) is 9.61. The predicted octanol–water partition coefficient (Wildman–Crippen LogP) is 6.31. The molecule has 0 atom stereocenters. The van der Waals surface area contributed by atoms with Crippen molar-refractivity contribution in [2.24, 2.45) is 10.3 Å². The fraction of sp³-hybridized carbons (Fsp3) is 0. The summed E-state index contributed by atoms with van der Waals surface area (Å²) in [6.07, 6.45) is 1.74. The number of ketones is 2. The fourth-order valence-corrected chi connectivity index (χ4v) is 2.29. The molecule has 0 saturated heterocycles. The lowest BCUT2D eigenvalue weighted by molar-refractivity contribution is 0.105. The number of carbonyl (C=O) groups excluding carboxylic acids is 2. The molecule has 0 aliphatic heterocycles. The first-order chi connectivity index (χ1) is 17.5. The quantitative estimate of drug-likeness (QED) is 0.152. The molecule has 0 bridgehead atoms. The van der Waals surface area contributed by atoms with Crippen LogP contribution in [0.5, 0.6) is 0 Å². The molecule has 8 heteroatoms. The molecule has 36 heavy (non-hydrogen) atoms. The molecule has 0 unspecified atom stereocenters. The summed E-state index contributed by atoms with van der Waals surface area (Å²) in [4.78, 5) is 21.9. The van der Waals surface area contributed by atoms with Gasteiger partial charge in [-0.3, -0.25) is 9.59 Å². The Balaban J connectivity index is 0.000000245. The van der Waals surface area contributed by atoms with Crippen LogP contribution >= 0.6 is 0 Å². The molecule has 2 N–H and O–H groups in total. The van der Waals surface area contributed by atoms with Gasteiger partial charge in [-0.15, -0.1) is 0 Å². The van der Waals surface area contributed by atoms with Gasteiger partial charge in [-0.2, -0.15) is 0 Å². The summed E-state index contributed by atoms with van der Waals surface area (Å²) in [5, 5.41) is 21.4. The third kappa shape index (κ3) is 13.5. The van der Waals surface area contributed by atoms with Gasteiger partial charge in [-0.1, -0.05) is 107 Å². The van der Waals surface area contributed by atoms with Crippen LogP contribution in [0.25, 0.3) is 0 Å². The lowest BCUT2D eigenvalue weighted by Gasteiger charge is -1.90. The van der Waals surface area contributed by atoms with Crippen LogP contribution in [0.4, 0.5) is 8.78 Å². The zero-order valence-electron chi connectivity index (χ0n) is 19.1. The first-order valence-corrected chi connectivity index (χ1v) is 10.4. The number of hydrogen-bond acceptors (Lipinski definition) is 6. The highest BCUT2D eigenvalue weighted by molar-refractivity contribution is 6.35. The van der Waals surface area contributed by atoms with E-state index < -0.39 is 0 Å². The van der Waals surface area contributed by atoms with E-state index in [2.05, 4.69) is 10.3 Å². The van der Waals surface area contributed by atoms with Gasteiger partial charge in [0.15, 0.2) is 0 Å². The first kappa shape index (κ1) is 29.1. The number of oxime groups is 2. The van der Waals surface area contributed by atoms with E-state index in [1.54, 1.807) is 84.9 Å². The van der Waals surface area contributed by atoms with Crippen molar-refractivity contribution in [2.45, 2.75) is 0 Å². The summed E-state index contributed by atoms with van der Waals surface area (Å²) >= 11 is 0. The van der Waals surface area contributed by atoms with Crippen molar-refractivity contribution in [1.82, 2.24) is 0 Å². The highest BCUT2D eigenvalue weighted by Crippen LogP contribution is 1.98. The van der Waals surface area contributed by atoms with Gasteiger partial charge >= 0.3 is 0 Å². The molecule has 4 aromatic rings. The van der Waals surface area contributed by atoms with E-state index in [9.17, 15) is 18.4 Å². The van der Waals surface area contributed by atoms with E-state index in [1.807, 2.05) is 12.1 Å². The minimum Gasteiger partial charge on any atom is -0.411 e. The molecule has 0 saturated carbocycles. The molecule has 0 aliphatic rings. The molecule has 0 aliphatic carbocycles. The summed E-state index contributed by atoms with van der Waals surface area (Å²) in [5.41, 5.74) is 1.04. The molecule has 0 spiro atoms. The van der Waals surface area contributed by atoms with Crippen molar-refractivity contribution in [3.05, 3.63) is 144 Å². The Morgan fingerprint density at radius 3 is 0.944 bits per heavy atom. The van der Waals surface area contributed by atoms with Crippen LogP contribution < -0.4 is 0 Å². The Morgan fingerprint density at radius 1 is 0.500 bits per heavy atom. The highest BCUT2D eigenvalue weighted by Gasteiger charge is 1.99. The monoisotopic (exact) mass is 490 g/mol. The van der Waals surface area contributed by atoms with Gasteiger partial charge in [0.25, 0.3) is 0 Å². The van der Waals surface area contributed by atoms with Gasteiger partial charge in [-0.05, 0) is 24.3 Å². The van der Waals surface area contributed by atoms with Gasteiger partial charge in [0.2, 0.25) is 11.6 Å². The van der Waals surface area contributed by atoms with Crippen LogP contribution in [-0.2, 0) is 0 Å². The molecule has 4 aromatic carbocycles. The molecular weight excluding hydrogens is 466 g/mol. The van der Waals surface area contributed by atoms with Crippen molar-refractivity contribution in [3.63, 3.8) is 0 Å². The Bertz CT molecular complexity index is 1090. The van der Waals surface area contributed by atoms with E-state index in [4.69, 9.17) is 10.4 Å². The van der Waals surface area contributed by atoms with Gasteiger partial charge in [0.05, 0.1) is 0 Å². The number of rotatable bonds is 4. The van der Waals surface area contributed by atoms with Crippen molar-refractivity contribution in [1.29, 1.82) is 0 Å². The SMILES string of the molecule is Fc1ccccc1.Fc1ccccc1.O=C(C=NO)c1ccccc1.O=C(C=NO)c1ccccc1. The average Bonchev–Trinajstić information content (AvgIpc) is 2.92. The number of Topliss-reactive ketones (excluding diaryl/α,β-unsaturated/α-hetero) is 2. The zero-order chi connectivity index (χ0) is 26.4. The topological polar surface area (TPSA) is 99.3 Å². The summed E-state index contributed by atoms with van der Waals surface area (Å²) in [6, 6.07) is 33.1. The largest absolute Gasteiger partial charge is 0.411 e. The maximum absolute atomic E-state index is 11.9. The lowest BCUT2D eigenvalue weighted by atomic mass is 10.1. The van der Waals surface area contributed by atoms with Gasteiger partial charge in [0, 0.05) is 11.1 Å². The second-order valence-electron chi connectivity index (χ2n) is 6.54. The van der Waals surface area contributed by atoms with Crippen molar-refractivity contribution in [2.75, 3.05) is 0 Å². The van der Waals surface area contributed by atoms with Gasteiger partial charge < -0.3 is 10.4 Å². The second-order valence-corrected chi connectivity index (χ2v) is 6.54. The summed E-state index contributed by atoms with van der Waals surface area (Å²) < 4.78 is 23.8. The molecular formula is C28H24F2N2O4. The molecule has 4 rings (SSSR count). The summed E-state index contributed by atoms with van der Waals surface area (Å²) in [5.74, 6) is -0.953. The third-order valence-corrected chi connectivity index (χ3v) is 3.93. The van der Waals surface area contributed by atoms with E-state index in [-0.39, 0.29) is 23.2 Å². The van der Waals surface area contributed by atoms with Crippen LogP contribution in [0.1, 0.15) is 20.7 Å². The van der Waals surface area contributed by atoms with Crippen molar-refractivity contribution in [3.8, 4) is 0 Å². The van der Waals surface area contributed by atoms with E-state index in [0.29, 0.717) is 11.1 Å². The number of hydrogen-bond donors (Lipinski definition) is 2. The maximum atomic E-state index is 11.9. The predicted molar refractivity (Wildman–Crippen MR) is 135 cm³/mol. The highest BCUT2D eigenvalue weighted by atomic mass is 19.1. The minimum absolute atomic E-state index is 0.178. The average molecular weight is 491 g/mol. The zero-order valence-corrected chi connectivity index (χ0v) is 19.1. The Labute approximate surface area is 207 Å². The molecule has 0 amide bonds. The molecule has 0 radical (unpaired) electrons. The molecule has 6 nitrogen and oxygen atoms in total. The standard InChI is InChI=1S/2C8H7NO2.2C6H5F/c2*10-8(6-9-11)7-4-2-1-3-5-7;2*7-6-4-2-1-3-5-6/h2*1-6,11H;2*1-5H. The summed E-state index contributed by atoms with van der Waals surface area (Å²) in [6.45, 7) is 0. The number of benzene rings is 4. The van der Waals surface area contributed by atoms with Crippen LogP contribution in [0.2, 0.25) is 0 Å². The number of halogens is 2. The Morgan fingerprint density at radius 2 is 0.750 bits per heavy atom.